The summed E-state index contributed by atoms with van der Waals surface area (Å²) < 4.78 is 78.0. The number of alkyl halides is 3. The van der Waals surface area contributed by atoms with E-state index in [1.165, 1.54) is 43.3 Å². The summed E-state index contributed by atoms with van der Waals surface area (Å²) in [6, 6.07) is 11.7. The Morgan fingerprint density at radius 1 is 1.00 bits per heavy atom. The molecule has 0 aliphatic rings. The molecule has 3 rings (SSSR count). The fourth-order valence-corrected chi connectivity index (χ4v) is 3.52. The van der Waals surface area contributed by atoms with E-state index in [0.29, 0.717) is 4.79 Å². The average Bonchev–Trinajstić information content (AvgIpc) is 2.92. The van der Waals surface area contributed by atoms with Gasteiger partial charge in [-0.3, -0.25) is 0 Å². The number of benzene rings is 2. The lowest BCUT2D eigenvalue weighted by Crippen LogP contribution is -2.25. The van der Waals surface area contributed by atoms with Crippen LogP contribution in [0.25, 0.3) is 11.3 Å². The molecule has 0 bridgehead atoms. The molecular formula is C17H13F4N3O2S. The quantitative estimate of drug-likeness (QED) is 0.676. The lowest BCUT2D eigenvalue weighted by molar-refractivity contribution is -0.141. The maximum absolute atomic E-state index is 13.3. The average molecular weight is 399 g/mol. The van der Waals surface area contributed by atoms with Crippen LogP contribution < -0.4 is 4.83 Å². The van der Waals surface area contributed by atoms with Gasteiger partial charge in [0.2, 0.25) is 0 Å². The van der Waals surface area contributed by atoms with Gasteiger partial charge in [-0.25, -0.2) is 4.39 Å². The number of nitrogens with zero attached hydrogens (tertiary/aromatic N) is 2. The minimum Gasteiger partial charge on any atom is -0.207 e. The molecule has 0 fully saturated rings. The zero-order chi connectivity index (χ0) is 19.8. The van der Waals surface area contributed by atoms with E-state index in [-0.39, 0.29) is 21.7 Å². The summed E-state index contributed by atoms with van der Waals surface area (Å²) in [6.45, 7) is 1.17. The smallest absolute Gasteiger partial charge is 0.207 e. The third kappa shape index (κ3) is 3.80. The number of rotatable bonds is 4. The molecule has 10 heteroatoms. The van der Waals surface area contributed by atoms with Gasteiger partial charge in [0.1, 0.15) is 5.82 Å². The molecule has 0 radical (unpaired) electrons. The van der Waals surface area contributed by atoms with E-state index in [2.05, 4.69) is 5.10 Å². The van der Waals surface area contributed by atoms with E-state index in [0.717, 1.165) is 12.1 Å². The molecule has 142 valence electrons. The topological polar surface area (TPSA) is 64.0 Å². The van der Waals surface area contributed by atoms with Crippen molar-refractivity contribution in [2.45, 2.75) is 18.0 Å². The minimum absolute atomic E-state index is 0.137. The highest BCUT2D eigenvalue weighted by Crippen LogP contribution is 2.35. The molecular weight excluding hydrogens is 386 g/mol. The first kappa shape index (κ1) is 18.9. The predicted octanol–water partition coefficient (Wildman–Crippen LogP) is 3.95. The zero-order valence-electron chi connectivity index (χ0n) is 13.8. The van der Waals surface area contributed by atoms with Crippen LogP contribution in [0.1, 0.15) is 11.3 Å². The number of hydrogen-bond acceptors (Lipinski definition) is 3. The normalized spacial score (nSPS) is 12.2. The molecule has 1 N–H and O–H groups in total. The molecule has 0 saturated carbocycles. The lowest BCUT2D eigenvalue weighted by atomic mass is 10.1. The lowest BCUT2D eigenvalue weighted by Gasteiger charge is -2.12. The molecule has 1 aromatic heterocycles. The van der Waals surface area contributed by atoms with Crippen LogP contribution in [0.2, 0.25) is 0 Å². The Kier molecular flexibility index (Phi) is 4.68. The van der Waals surface area contributed by atoms with E-state index in [1.54, 1.807) is 6.07 Å². The van der Waals surface area contributed by atoms with Crippen LogP contribution in [0.5, 0.6) is 0 Å². The van der Waals surface area contributed by atoms with Crippen LogP contribution >= 0.6 is 0 Å². The number of nitrogens with one attached hydrogen (secondary N) is 1. The summed E-state index contributed by atoms with van der Waals surface area (Å²) in [7, 11) is -4.19. The van der Waals surface area contributed by atoms with Gasteiger partial charge in [-0.05, 0) is 43.3 Å². The Hall–Kier alpha value is -2.88. The Morgan fingerprint density at radius 2 is 1.59 bits per heavy atom. The van der Waals surface area contributed by atoms with Gasteiger partial charge in [0.05, 0.1) is 10.6 Å². The Morgan fingerprint density at radius 3 is 2.15 bits per heavy atom. The maximum atomic E-state index is 13.3. The van der Waals surface area contributed by atoms with Crippen LogP contribution in [0.4, 0.5) is 17.6 Å². The van der Waals surface area contributed by atoms with Crippen molar-refractivity contribution in [2.24, 2.45) is 0 Å². The SMILES string of the molecule is Cc1c(C(F)(F)F)nn(NS(=O)(=O)c2ccccc2)c1-c1ccc(F)cc1. The summed E-state index contributed by atoms with van der Waals surface area (Å²) >= 11 is 0. The van der Waals surface area contributed by atoms with Gasteiger partial charge < -0.3 is 0 Å². The summed E-state index contributed by atoms with van der Waals surface area (Å²) in [5, 5.41) is 3.40. The second-order valence-electron chi connectivity index (χ2n) is 5.65. The fraction of sp³-hybridized carbons (Fsp3) is 0.118. The van der Waals surface area contributed by atoms with Crippen molar-refractivity contribution in [2.75, 3.05) is 4.83 Å². The van der Waals surface area contributed by atoms with Gasteiger partial charge in [0.15, 0.2) is 5.69 Å². The van der Waals surface area contributed by atoms with Crippen molar-refractivity contribution in [3.05, 3.63) is 71.7 Å². The van der Waals surface area contributed by atoms with E-state index < -0.39 is 27.7 Å². The number of aromatic nitrogens is 2. The van der Waals surface area contributed by atoms with Crippen molar-refractivity contribution >= 4 is 10.0 Å². The molecule has 0 aliphatic heterocycles. The summed E-state index contributed by atoms with van der Waals surface area (Å²) in [5.74, 6) is -0.580. The van der Waals surface area contributed by atoms with Crippen LogP contribution in [0.3, 0.4) is 0 Å². The van der Waals surface area contributed by atoms with Crippen LogP contribution in [0, 0.1) is 12.7 Å². The molecule has 0 amide bonds. The highest BCUT2D eigenvalue weighted by atomic mass is 32.2. The van der Waals surface area contributed by atoms with Crippen LogP contribution in [-0.2, 0) is 16.2 Å². The molecule has 0 saturated heterocycles. The van der Waals surface area contributed by atoms with Gasteiger partial charge >= 0.3 is 6.18 Å². The highest BCUT2D eigenvalue weighted by molar-refractivity contribution is 7.92. The third-order valence-corrected chi connectivity index (χ3v) is 5.07. The molecule has 0 unspecified atom stereocenters. The Bertz CT molecular complexity index is 1060. The molecule has 0 aliphatic carbocycles. The van der Waals surface area contributed by atoms with E-state index in [4.69, 9.17) is 0 Å². The van der Waals surface area contributed by atoms with Crippen molar-refractivity contribution in [3.63, 3.8) is 0 Å². The zero-order valence-corrected chi connectivity index (χ0v) is 14.6. The first-order valence-electron chi connectivity index (χ1n) is 7.60. The Labute approximate surface area is 152 Å². The molecule has 1 heterocycles. The van der Waals surface area contributed by atoms with E-state index in [9.17, 15) is 26.0 Å². The number of sulfonamides is 1. The molecule has 3 aromatic rings. The van der Waals surface area contributed by atoms with E-state index in [1.807, 2.05) is 4.83 Å². The number of halogens is 4. The second-order valence-corrected chi connectivity index (χ2v) is 7.31. The van der Waals surface area contributed by atoms with Gasteiger partial charge in [-0.1, -0.05) is 18.2 Å². The Balaban J connectivity index is 2.16. The fourth-order valence-electron chi connectivity index (χ4n) is 2.54. The number of hydrogen-bond donors (Lipinski definition) is 1. The monoisotopic (exact) mass is 399 g/mol. The summed E-state index contributed by atoms with van der Waals surface area (Å²) in [5.41, 5.74) is -1.49. The van der Waals surface area contributed by atoms with Crippen LogP contribution in [0.15, 0.2) is 59.5 Å². The maximum Gasteiger partial charge on any atom is 0.435 e. The van der Waals surface area contributed by atoms with Gasteiger partial charge in [-0.15, -0.1) is 5.10 Å². The molecule has 5 nitrogen and oxygen atoms in total. The van der Waals surface area contributed by atoms with Crippen molar-refractivity contribution in [1.82, 2.24) is 9.89 Å². The highest BCUT2D eigenvalue weighted by Gasteiger charge is 2.38. The third-order valence-electron chi connectivity index (χ3n) is 3.77. The summed E-state index contributed by atoms with van der Waals surface area (Å²) in [4.78, 5) is 2.44. The van der Waals surface area contributed by atoms with Gasteiger partial charge in [0, 0.05) is 11.1 Å². The first-order chi connectivity index (χ1) is 12.6. The first-order valence-corrected chi connectivity index (χ1v) is 9.08. The largest absolute Gasteiger partial charge is 0.435 e. The van der Waals surface area contributed by atoms with Gasteiger partial charge in [0.25, 0.3) is 10.0 Å². The summed E-state index contributed by atoms with van der Waals surface area (Å²) in [6.07, 6.45) is -4.79. The van der Waals surface area contributed by atoms with Crippen molar-refractivity contribution in [3.8, 4) is 11.3 Å². The molecule has 0 spiro atoms. The van der Waals surface area contributed by atoms with Crippen molar-refractivity contribution < 1.29 is 26.0 Å². The predicted molar refractivity (Wildman–Crippen MR) is 90.3 cm³/mol. The molecule has 27 heavy (non-hydrogen) atoms. The standard InChI is InChI=1S/C17H13F4N3O2S/c1-11-15(12-7-9-13(18)10-8-12)24(22-16(11)17(19,20)21)23-27(25,26)14-5-3-2-4-6-14/h2-10,23H,1H3. The van der Waals surface area contributed by atoms with E-state index >= 15 is 0 Å². The molecule has 2 aromatic carbocycles. The van der Waals surface area contributed by atoms with Crippen molar-refractivity contribution in [1.29, 1.82) is 0 Å². The van der Waals surface area contributed by atoms with Crippen LogP contribution in [-0.4, -0.2) is 18.3 Å². The van der Waals surface area contributed by atoms with Gasteiger partial charge in [-0.2, -0.15) is 31.2 Å². The molecule has 0 atom stereocenters. The second kappa shape index (κ2) is 6.69. The minimum atomic E-state index is -4.79.